The maximum absolute atomic E-state index is 11.8. The number of anilines is 1. The fraction of sp³-hybridized carbons (Fsp3) is 0.462. The van der Waals surface area contributed by atoms with Gasteiger partial charge in [0.1, 0.15) is 0 Å². The standard InChI is InChI=1S/C13H15Br2NO2/c1-18-13(17)10-6-8(14)7-11(15)12(10)16-9-4-2-3-5-9/h6-7,9,16H,2-5H2,1H3. The van der Waals surface area contributed by atoms with E-state index in [4.69, 9.17) is 4.74 Å². The number of rotatable bonds is 3. The number of methoxy groups -OCH3 is 1. The number of carbonyl (C=O) groups excluding carboxylic acids is 1. The fourth-order valence-corrected chi connectivity index (χ4v) is 3.61. The SMILES string of the molecule is COC(=O)c1cc(Br)cc(Br)c1NC1CCCC1. The number of esters is 1. The highest BCUT2D eigenvalue weighted by molar-refractivity contribution is 9.11. The minimum atomic E-state index is -0.322. The zero-order valence-corrected chi connectivity index (χ0v) is 13.3. The van der Waals surface area contributed by atoms with Gasteiger partial charge in [-0.25, -0.2) is 4.79 Å². The third kappa shape index (κ3) is 3.06. The Balaban J connectivity index is 2.33. The van der Waals surface area contributed by atoms with E-state index in [-0.39, 0.29) is 5.97 Å². The molecule has 0 bridgehead atoms. The number of halogens is 2. The average molecular weight is 377 g/mol. The van der Waals surface area contributed by atoms with Gasteiger partial charge in [0, 0.05) is 15.0 Å². The summed E-state index contributed by atoms with van der Waals surface area (Å²) in [4.78, 5) is 11.8. The van der Waals surface area contributed by atoms with Crippen LogP contribution in [0.25, 0.3) is 0 Å². The van der Waals surface area contributed by atoms with Gasteiger partial charge < -0.3 is 10.1 Å². The summed E-state index contributed by atoms with van der Waals surface area (Å²) in [6.45, 7) is 0. The fourth-order valence-electron chi connectivity index (χ4n) is 2.27. The summed E-state index contributed by atoms with van der Waals surface area (Å²) in [6, 6.07) is 4.17. The lowest BCUT2D eigenvalue weighted by atomic mass is 10.1. The van der Waals surface area contributed by atoms with Crippen molar-refractivity contribution in [2.24, 2.45) is 0 Å². The highest BCUT2D eigenvalue weighted by atomic mass is 79.9. The molecular formula is C13H15Br2NO2. The predicted molar refractivity (Wildman–Crippen MR) is 79.1 cm³/mol. The molecule has 1 saturated carbocycles. The molecule has 0 atom stereocenters. The number of hydrogen-bond donors (Lipinski definition) is 1. The van der Waals surface area contributed by atoms with Crippen molar-refractivity contribution in [3.05, 3.63) is 26.6 Å². The summed E-state index contributed by atoms with van der Waals surface area (Å²) < 4.78 is 6.56. The Kier molecular flexibility index (Phi) is 4.67. The summed E-state index contributed by atoms with van der Waals surface area (Å²) in [5.41, 5.74) is 1.39. The summed E-state index contributed by atoms with van der Waals surface area (Å²) in [7, 11) is 1.40. The minimum absolute atomic E-state index is 0.322. The van der Waals surface area contributed by atoms with Crippen LogP contribution in [0.1, 0.15) is 36.0 Å². The lowest BCUT2D eigenvalue weighted by molar-refractivity contribution is 0.0601. The topological polar surface area (TPSA) is 38.3 Å². The number of nitrogens with one attached hydrogen (secondary N) is 1. The molecule has 3 nitrogen and oxygen atoms in total. The van der Waals surface area contributed by atoms with Crippen LogP contribution in [-0.4, -0.2) is 19.1 Å². The summed E-state index contributed by atoms with van der Waals surface area (Å²) >= 11 is 6.89. The number of benzene rings is 1. The van der Waals surface area contributed by atoms with Crippen molar-refractivity contribution < 1.29 is 9.53 Å². The van der Waals surface area contributed by atoms with E-state index in [9.17, 15) is 4.79 Å². The van der Waals surface area contributed by atoms with Gasteiger partial charge in [0.15, 0.2) is 0 Å². The third-order valence-electron chi connectivity index (χ3n) is 3.16. The smallest absolute Gasteiger partial charge is 0.340 e. The molecule has 0 unspecified atom stereocenters. The molecule has 0 radical (unpaired) electrons. The molecule has 1 aliphatic carbocycles. The maximum atomic E-state index is 11.8. The van der Waals surface area contributed by atoms with Crippen molar-refractivity contribution in [3.63, 3.8) is 0 Å². The molecule has 0 aromatic heterocycles. The van der Waals surface area contributed by atoms with Crippen molar-refractivity contribution in [2.45, 2.75) is 31.7 Å². The van der Waals surface area contributed by atoms with Crippen LogP contribution in [0.2, 0.25) is 0 Å². The summed E-state index contributed by atoms with van der Waals surface area (Å²) in [5.74, 6) is -0.322. The first-order chi connectivity index (χ1) is 8.61. The molecule has 1 N–H and O–H groups in total. The van der Waals surface area contributed by atoms with E-state index in [1.807, 2.05) is 6.07 Å². The van der Waals surface area contributed by atoms with E-state index in [0.717, 1.165) is 27.5 Å². The molecule has 0 saturated heterocycles. The van der Waals surface area contributed by atoms with Gasteiger partial charge in [-0.1, -0.05) is 28.8 Å². The molecule has 2 rings (SSSR count). The second-order valence-corrected chi connectivity index (χ2v) is 6.20. The number of carbonyl (C=O) groups is 1. The molecule has 1 aromatic rings. The van der Waals surface area contributed by atoms with Gasteiger partial charge in [-0.05, 0) is 40.9 Å². The molecule has 0 spiro atoms. The second-order valence-electron chi connectivity index (χ2n) is 4.43. The second kappa shape index (κ2) is 6.06. The van der Waals surface area contributed by atoms with Crippen LogP contribution in [0.15, 0.2) is 21.1 Å². The highest BCUT2D eigenvalue weighted by Crippen LogP contribution is 2.33. The first-order valence-electron chi connectivity index (χ1n) is 5.95. The van der Waals surface area contributed by atoms with Crippen LogP contribution in [0.4, 0.5) is 5.69 Å². The quantitative estimate of drug-likeness (QED) is 0.796. The molecule has 98 valence electrons. The van der Waals surface area contributed by atoms with Crippen LogP contribution in [-0.2, 0) is 4.74 Å². The lowest BCUT2D eigenvalue weighted by Gasteiger charge is -2.18. The zero-order chi connectivity index (χ0) is 13.1. The van der Waals surface area contributed by atoms with Crippen LogP contribution in [0, 0.1) is 0 Å². The van der Waals surface area contributed by atoms with Crippen molar-refractivity contribution in [1.29, 1.82) is 0 Å². The van der Waals surface area contributed by atoms with Crippen LogP contribution < -0.4 is 5.32 Å². The third-order valence-corrected chi connectivity index (χ3v) is 4.25. The molecule has 1 aliphatic rings. The molecule has 1 fully saturated rings. The predicted octanol–water partition coefficient (Wildman–Crippen LogP) is 4.35. The van der Waals surface area contributed by atoms with E-state index in [1.165, 1.54) is 20.0 Å². The van der Waals surface area contributed by atoms with Crippen molar-refractivity contribution in [3.8, 4) is 0 Å². The monoisotopic (exact) mass is 375 g/mol. The largest absolute Gasteiger partial charge is 0.465 e. The summed E-state index contributed by atoms with van der Waals surface area (Å²) in [6.07, 6.45) is 4.81. The minimum Gasteiger partial charge on any atom is -0.465 e. The van der Waals surface area contributed by atoms with Gasteiger partial charge in [0.25, 0.3) is 0 Å². The van der Waals surface area contributed by atoms with Gasteiger partial charge in [-0.2, -0.15) is 0 Å². The van der Waals surface area contributed by atoms with Crippen molar-refractivity contribution >= 4 is 43.5 Å². The van der Waals surface area contributed by atoms with Gasteiger partial charge in [0.05, 0.1) is 18.4 Å². The van der Waals surface area contributed by atoms with E-state index >= 15 is 0 Å². The Bertz CT molecular complexity index is 457. The molecule has 18 heavy (non-hydrogen) atoms. The Morgan fingerprint density at radius 2 is 2.00 bits per heavy atom. The molecule has 0 aliphatic heterocycles. The molecular weight excluding hydrogens is 362 g/mol. The highest BCUT2D eigenvalue weighted by Gasteiger charge is 2.21. The lowest BCUT2D eigenvalue weighted by Crippen LogP contribution is -2.18. The normalized spacial score (nSPS) is 15.7. The summed E-state index contributed by atoms with van der Waals surface area (Å²) in [5, 5.41) is 3.45. The van der Waals surface area contributed by atoms with Crippen LogP contribution in [0.5, 0.6) is 0 Å². The molecule has 0 heterocycles. The van der Waals surface area contributed by atoms with Crippen LogP contribution >= 0.6 is 31.9 Å². The van der Waals surface area contributed by atoms with Crippen molar-refractivity contribution in [2.75, 3.05) is 12.4 Å². The Labute approximate surface area is 124 Å². The average Bonchev–Trinajstić information content (AvgIpc) is 2.84. The van der Waals surface area contributed by atoms with Gasteiger partial charge in [-0.3, -0.25) is 0 Å². The van der Waals surface area contributed by atoms with E-state index in [0.29, 0.717) is 11.6 Å². The molecule has 1 aromatic carbocycles. The molecule has 0 amide bonds. The van der Waals surface area contributed by atoms with Crippen LogP contribution in [0.3, 0.4) is 0 Å². The van der Waals surface area contributed by atoms with Gasteiger partial charge >= 0.3 is 5.97 Å². The maximum Gasteiger partial charge on any atom is 0.340 e. The van der Waals surface area contributed by atoms with E-state index in [2.05, 4.69) is 37.2 Å². The van der Waals surface area contributed by atoms with Crippen molar-refractivity contribution in [1.82, 2.24) is 0 Å². The van der Waals surface area contributed by atoms with Gasteiger partial charge in [-0.15, -0.1) is 0 Å². The molecule has 5 heteroatoms. The van der Waals surface area contributed by atoms with E-state index < -0.39 is 0 Å². The van der Waals surface area contributed by atoms with E-state index in [1.54, 1.807) is 6.07 Å². The zero-order valence-electron chi connectivity index (χ0n) is 10.1. The Morgan fingerprint density at radius 1 is 1.33 bits per heavy atom. The van der Waals surface area contributed by atoms with Gasteiger partial charge in [0.2, 0.25) is 0 Å². The number of ether oxygens (including phenoxy) is 1. The Morgan fingerprint density at radius 3 is 2.61 bits per heavy atom. The number of hydrogen-bond acceptors (Lipinski definition) is 3. The first kappa shape index (κ1) is 13.9. The first-order valence-corrected chi connectivity index (χ1v) is 7.54. The Hall–Kier alpha value is -0.550.